The lowest BCUT2D eigenvalue weighted by Crippen LogP contribution is -2.25. The molecule has 0 amide bonds. The van der Waals surface area contributed by atoms with Crippen molar-refractivity contribution in [1.82, 2.24) is 20.4 Å². The van der Waals surface area contributed by atoms with Gasteiger partial charge in [0.05, 0.1) is 0 Å². The summed E-state index contributed by atoms with van der Waals surface area (Å²) in [5.74, 6) is 0. The Labute approximate surface area is 165 Å². The second kappa shape index (κ2) is 21.1. The van der Waals surface area contributed by atoms with Crippen molar-refractivity contribution in [3.63, 3.8) is 0 Å². The van der Waals surface area contributed by atoms with Crippen LogP contribution in [0.25, 0.3) is 0 Å². The summed E-state index contributed by atoms with van der Waals surface area (Å²) in [5.41, 5.74) is 0. The van der Waals surface area contributed by atoms with Crippen LogP contribution in [0.5, 0.6) is 0 Å². The third kappa shape index (κ3) is 17.3. The third-order valence-corrected chi connectivity index (χ3v) is 5.40. The van der Waals surface area contributed by atoms with E-state index in [2.05, 4.69) is 48.1 Å². The van der Waals surface area contributed by atoms with E-state index in [-0.39, 0.29) is 0 Å². The van der Waals surface area contributed by atoms with Gasteiger partial charge in [0.1, 0.15) is 0 Å². The van der Waals surface area contributed by atoms with Gasteiger partial charge >= 0.3 is 0 Å². The number of hydrogen-bond donors (Lipinski definition) is 2. The highest BCUT2D eigenvalue weighted by molar-refractivity contribution is 4.57. The number of hydrogen-bond acceptors (Lipinski definition) is 4. The highest BCUT2D eigenvalue weighted by Crippen LogP contribution is 1.99. The van der Waals surface area contributed by atoms with Crippen LogP contribution in [-0.4, -0.2) is 75.2 Å². The lowest BCUT2D eigenvalue weighted by molar-refractivity contribution is 0.296. The standard InChI is InChI=1S/C22H50N4/c1-5-25(6-2)21-15-13-19-23-17-11-9-10-12-18-24-20-14-16-22-26(7-3)8-4/h23-24H,5-22H2,1-4H3. The molecule has 0 rings (SSSR count). The molecule has 4 nitrogen and oxygen atoms in total. The van der Waals surface area contributed by atoms with Gasteiger partial charge in [-0.25, -0.2) is 0 Å². The van der Waals surface area contributed by atoms with E-state index in [1.807, 2.05) is 0 Å². The van der Waals surface area contributed by atoms with Crippen molar-refractivity contribution in [2.24, 2.45) is 0 Å². The van der Waals surface area contributed by atoms with E-state index in [0.717, 1.165) is 0 Å². The minimum atomic E-state index is 1.19. The van der Waals surface area contributed by atoms with Gasteiger partial charge in [-0.2, -0.15) is 0 Å². The molecule has 26 heavy (non-hydrogen) atoms. The largest absolute Gasteiger partial charge is 0.317 e. The molecule has 0 aromatic heterocycles. The van der Waals surface area contributed by atoms with E-state index in [1.165, 1.54) is 117 Å². The van der Waals surface area contributed by atoms with Crippen LogP contribution in [0.3, 0.4) is 0 Å². The minimum absolute atomic E-state index is 1.19. The molecule has 0 bridgehead atoms. The summed E-state index contributed by atoms with van der Waals surface area (Å²) >= 11 is 0. The topological polar surface area (TPSA) is 30.5 Å². The second-order valence-electron chi connectivity index (χ2n) is 7.38. The van der Waals surface area contributed by atoms with Crippen molar-refractivity contribution in [3.05, 3.63) is 0 Å². The molecule has 0 fully saturated rings. The molecule has 0 aromatic carbocycles. The molecule has 0 radical (unpaired) electrons. The SMILES string of the molecule is CCN(CC)CCCCNCCCCCCNCCCCN(CC)CC. The van der Waals surface area contributed by atoms with E-state index >= 15 is 0 Å². The van der Waals surface area contributed by atoms with Gasteiger partial charge in [0.15, 0.2) is 0 Å². The molecule has 0 aliphatic heterocycles. The van der Waals surface area contributed by atoms with Crippen molar-refractivity contribution in [2.75, 3.05) is 65.4 Å². The molecule has 0 aliphatic rings. The first-order valence-electron chi connectivity index (χ1n) is 11.6. The Morgan fingerprint density at radius 1 is 0.423 bits per heavy atom. The average molecular weight is 371 g/mol. The van der Waals surface area contributed by atoms with Crippen LogP contribution >= 0.6 is 0 Å². The first-order valence-corrected chi connectivity index (χ1v) is 11.6. The molecule has 0 saturated carbocycles. The smallest absolute Gasteiger partial charge is 0.00185 e. The fourth-order valence-corrected chi connectivity index (χ4v) is 3.35. The summed E-state index contributed by atoms with van der Waals surface area (Å²) in [4.78, 5) is 5.03. The first kappa shape index (κ1) is 25.8. The summed E-state index contributed by atoms with van der Waals surface area (Å²) in [6.45, 7) is 21.1. The van der Waals surface area contributed by atoms with Gasteiger partial charge in [-0.05, 0) is 104 Å². The molecule has 0 atom stereocenters. The fourth-order valence-electron chi connectivity index (χ4n) is 3.35. The van der Waals surface area contributed by atoms with Crippen LogP contribution in [-0.2, 0) is 0 Å². The Kier molecular flexibility index (Phi) is 21.0. The predicted molar refractivity (Wildman–Crippen MR) is 118 cm³/mol. The van der Waals surface area contributed by atoms with Gasteiger partial charge in [-0.15, -0.1) is 0 Å². The Morgan fingerprint density at radius 2 is 0.731 bits per heavy atom. The van der Waals surface area contributed by atoms with E-state index in [9.17, 15) is 0 Å². The van der Waals surface area contributed by atoms with Gasteiger partial charge in [-0.3, -0.25) is 0 Å². The molecular formula is C22H50N4. The van der Waals surface area contributed by atoms with E-state index in [0.29, 0.717) is 0 Å². The fraction of sp³-hybridized carbons (Fsp3) is 1.00. The zero-order valence-corrected chi connectivity index (χ0v) is 18.6. The Balaban J connectivity index is 3.11. The summed E-state index contributed by atoms with van der Waals surface area (Å²) in [6.07, 6.45) is 10.7. The highest BCUT2D eigenvalue weighted by Gasteiger charge is 1.99. The molecule has 4 heteroatoms. The quantitative estimate of drug-likeness (QED) is 0.299. The molecule has 0 aromatic rings. The number of nitrogens with one attached hydrogen (secondary N) is 2. The first-order chi connectivity index (χ1) is 12.8. The normalized spacial score (nSPS) is 11.8. The van der Waals surface area contributed by atoms with Crippen LogP contribution < -0.4 is 10.6 Å². The molecule has 2 N–H and O–H groups in total. The van der Waals surface area contributed by atoms with Gasteiger partial charge in [0.2, 0.25) is 0 Å². The maximum absolute atomic E-state index is 3.60. The monoisotopic (exact) mass is 370 g/mol. The lowest BCUT2D eigenvalue weighted by atomic mass is 10.2. The number of nitrogens with zero attached hydrogens (tertiary/aromatic N) is 2. The van der Waals surface area contributed by atoms with Gasteiger partial charge in [-0.1, -0.05) is 40.5 Å². The van der Waals surface area contributed by atoms with Crippen LogP contribution in [0.2, 0.25) is 0 Å². The van der Waals surface area contributed by atoms with Gasteiger partial charge < -0.3 is 20.4 Å². The number of unbranched alkanes of at least 4 members (excludes halogenated alkanes) is 5. The van der Waals surface area contributed by atoms with E-state index in [4.69, 9.17) is 0 Å². The predicted octanol–water partition coefficient (Wildman–Crippen LogP) is 3.97. The molecule has 0 unspecified atom stereocenters. The summed E-state index contributed by atoms with van der Waals surface area (Å²) in [7, 11) is 0. The van der Waals surface area contributed by atoms with Crippen molar-refractivity contribution in [3.8, 4) is 0 Å². The van der Waals surface area contributed by atoms with Crippen LogP contribution in [0.4, 0.5) is 0 Å². The van der Waals surface area contributed by atoms with Crippen LogP contribution in [0, 0.1) is 0 Å². The summed E-state index contributed by atoms with van der Waals surface area (Å²) in [6, 6.07) is 0. The van der Waals surface area contributed by atoms with Crippen molar-refractivity contribution in [2.45, 2.75) is 79.1 Å². The van der Waals surface area contributed by atoms with E-state index < -0.39 is 0 Å². The molecule has 0 saturated heterocycles. The van der Waals surface area contributed by atoms with Crippen molar-refractivity contribution < 1.29 is 0 Å². The van der Waals surface area contributed by atoms with Crippen molar-refractivity contribution >= 4 is 0 Å². The van der Waals surface area contributed by atoms with Crippen LogP contribution in [0.1, 0.15) is 79.1 Å². The van der Waals surface area contributed by atoms with Crippen LogP contribution in [0.15, 0.2) is 0 Å². The van der Waals surface area contributed by atoms with Gasteiger partial charge in [0.25, 0.3) is 0 Å². The van der Waals surface area contributed by atoms with Crippen molar-refractivity contribution in [1.29, 1.82) is 0 Å². The molecule has 0 spiro atoms. The summed E-state index contributed by atoms with van der Waals surface area (Å²) < 4.78 is 0. The Hall–Kier alpha value is -0.160. The van der Waals surface area contributed by atoms with Gasteiger partial charge in [0, 0.05) is 0 Å². The molecule has 158 valence electrons. The zero-order chi connectivity index (χ0) is 19.3. The second-order valence-corrected chi connectivity index (χ2v) is 7.38. The minimum Gasteiger partial charge on any atom is -0.317 e. The molecule has 0 aliphatic carbocycles. The lowest BCUT2D eigenvalue weighted by Gasteiger charge is -2.17. The van der Waals surface area contributed by atoms with E-state index in [1.54, 1.807) is 0 Å². The maximum atomic E-state index is 3.60. The Morgan fingerprint density at radius 3 is 1.04 bits per heavy atom. The highest BCUT2D eigenvalue weighted by atomic mass is 15.1. The average Bonchev–Trinajstić information content (AvgIpc) is 2.67. The molecule has 0 heterocycles. The molecular weight excluding hydrogens is 320 g/mol. The Bertz CT molecular complexity index is 227. The number of rotatable bonds is 21. The summed E-state index contributed by atoms with van der Waals surface area (Å²) in [5, 5.41) is 7.20. The zero-order valence-electron chi connectivity index (χ0n) is 18.6. The maximum Gasteiger partial charge on any atom is -0.00185 e. The third-order valence-electron chi connectivity index (χ3n) is 5.40.